The Morgan fingerprint density at radius 3 is 2.65 bits per heavy atom. The normalized spacial score (nSPS) is 12.2. The van der Waals surface area contributed by atoms with Gasteiger partial charge in [-0.05, 0) is 35.2 Å². The molecule has 7 nitrogen and oxygen atoms in total. The number of carbonyl (C=O) groups is 2. The number of amides is 1. The summed E-state index contributed by atoms with van der Waals surface area (Å²) in [4.78, 5) is 28.0. The fourth-order valence-corrected chi connectivity index (χ4v) is 4.17. The molecule has 2 heterocycles. The molecule has 2 aromatic heterocycles. The molecule has 164 valence electrons. The van der Waals surface area contributed by atoms with Gasteiger partial charge in [0.2, 0.25) is 0 Å². The van der Waals surface area contributed by atoms with Crippen molar-refractivity contribution in [3.8, 4) is 0 Å². The van der Waals surface area contributed by atoms with E-state index >= 15 is 0 Å². The smallest absolute Gasteiger partial charge is 0.309 e. The van der Waals surface area contributed by atoms with Gasteiger partial charge in [-0.15, -0.1) is 11.3 Å². The summed E-state index contributed by atoms with van der Waals surface area (Å²) >= 11 is 13.4. The SMILES string of the molecule is CC(C)C(O)c1cc(C(=O)Nc2nc(CC(=O)O)cs2)n(Cc2ccc(Cl)cc2Cl)c1. The number of carboxylic acids is 1. The van der Waals surface area contributed by atoms with E-state index in [0.29, 0.717) is 38.7 Å². The average molecular weight is 482 g/mol. The summed E-state index contributed by atoms with van der Waals surface area (Å²) < 4.78 is 1.71. The molecule has 3 N–H and O–H groups in total. The van der Waals surface area contributed by atoms with Crippen LogP contribution < -0.4 is 5.32 Å². The van der Waals surface area contributed by atoms with Gasteiger partial charge in [-0.3, -0.25) is 14.9 Å². The number of nitrogens with zero attached hydrogens (tertiary/aromatic N) is 2. The molecule has 0 radical (unpaired) electrons. The van der Waals surface area contributed by atoms with E-state index in [2.05, 4.69) is 10.3 Å². The molecule has 10 heteroatoms. The quantitative estimate of drug-likeness (QED) is 0.425. The summed E-state index contributed by atoms with van der Waals surface area (Å²) in [5.74, 6) is -1.46. The molecule has 0 spiro atoms. The molecule has 0 fully saturated rings. The molecule has 0 saturated heterocycles. The van der Waals surface area contributed by atoms with E-state index in [9.17, 15) is 14.7 Å². The third-order valence-electron chi connectivity index (χ3n) is 4.58. The molecular formula is C21H21Cl2N3O4S. The Morgan fingerprint density at radius 2 is 2.00 bits per heavy atom. The second-order valence-electron chi connectivity index (χ2n) is 7.38. The van der Waals surface area contributed by atoms with Crippen LogP contribution >= 0.6 is 34.5 Å². The van der Waals surface area contributed by atoms with Crippen molar-refractivity contribution in [3.63, 3.8) is 0 Å². The number of benzene rings is 1. The second kappa shape index (κ2) is 9.82. The molecule has 0 aliphatic heterocycles. The maximum Gasteiger partial charge on any atom is 0.309 e. The Kier molecular flexibility index (Phi) is 7.38. The number of thiazole rings is 1. The fraction of sp³-hybridized carbons (Fsp3) is 0.286. The number of hydrogen-bond donors (Lipinski definition) is 3. The van der Waals surface area contributed by atoms with E-state index in [0.717, 1.165) is 16.9 Å². The van der Waals surface area contributed by atoms with E-state index < -0.39 is 18.0 Å². The predicted octanol–water partition coefficient (Wildman–Crippen LogP) is 4.87. The first-order chi connectivity index (χ1) is 14.6. The predicted molar refractivity (Wildman–Crippen MR) is 121 cm³/mol. The topological polar surface area (TPSA) is 104 Å². The molecule has 1 atom stereocenters. The lowest BCUT2D eigenvalue weighted by molar-refractivity contribution is -0.136. The lowest BCUT2D eigenvalue weighted by Gasteiger charge is -2.12. The van der Waals surface area contributed by atoms with Crippen molar-refractivity contribution in [3.05, 3.63) is 68.4 Å². The number of anilines is 1. The molecule has 1 aromatic carbocycles. The Labute approximate surface area is 193 Å². The van der Waals surface area contributed by atoms with E-state index in [1.54, 1.807) is 40.4 Å². The molecule has 1 amide bonds. The molecule has 1 unspecified atom stereocenters. The first-order valence-electron chi connectivity index (χ1n) is 9.43. The number of rotatable bonds is 8. The number of hydrogen-bond acceptors (Lipinski definition) is 5. The minimum absolute atomic E-state index is 0.0385. The van der Waals surface area contributed by atoms with Gasteiger partial charge in [0.1, 0.15) is 5.69 Å². The van der Waals surface area contributed by atoms with Gasteiger partial charge < -0.3 is 14.8 Å². The van der Waals surface area contributed by atoms with E-state index in [4.69, 9.17) is 28.3 Å². The van der Waals surface area contributed by atoms with Crippen molar-refractivity contribution in [2.24, 2.45) is 5.92 Å². The molecule has 0 aliphatic carbocycles. The molecule has 3 aromatic rings. The summed E-state index contributed by atoms with van der Waals surface area (Å²) in [6, 6.07) is 6.76. The highest BCUT2D eigenvalue weighted by Gasteiger charge is 2.21. The van der Waals surface area contributed by atoms with Gasteiger partial charge in [-0.25, -0.2) is 4.98 Å². The Morgan fingerprint density at radius 1 is 1.26 bits per heavy atom. The molecule has 0 saturated carbocycles. The number of halogens is 2. The molecule has 0 bridgehead atoms. The lowest BCUT2D eigenvalue weighted by Crippen LogP contribution is -2.17. The third-order valence-corrected chi connectivity index (χ3v) is 5.98. The average Bonchev–Trinajstić information content (AvgIpc) is 3.29. The summed E-state index contributed by atoms with van der Waals surface area (Å²) in [6.07, 6.45) is 0.764. The van der Waals surface area contributed by atoms with Crippen LogP contribution in [0.2, 0.25) is 10.0 Å². The van der Waals surface area contributed by atoms with Gasteiger partial charge in [0.25, 0.3) is 5.91 Å². The zero-order chi connectivity index (χ0) is 22.7. The van der Waals surface area contributed by atoms with E-state index in [1.165, 1.54) is 0 Å². The van der Waals surface area contributed by atoms with Crippen LogP contribution in [0.15, 0.2) is 35.8 Å². The van der Waals surface area contributed by atoms with Crippen LogP contribution in [0.1, 0.15) is 47.3 Å². The number of carbonyl (C=O) groups excluding carboxylic acids is 1. The number of aliphatic carboxylic acids is 1. The zero-order valence-corrected chi connectivity index (χ0v) is 19.1. The van der Waals surface area contributed by atoms with Gasteiger partial charge in [0, 0.05) is 28.2 Å². The summed E-state index contributed by atoms with van der Waals surface area (Å²) in [5.41, 5.74) is 2.05. The molecule has 0 aliphatic rings. The lowest BCUT2D eigenvalue weighted by atomic mass is 10.0. The number of aromatic nitrogens is 2. The van der Waals surface area contributed by atoms with E-state index in [1.807, 2.05) is 13.8 Å². The molecule has 31 heavy (non-hydrogen) atoms. The minimum atomic E-state index is -0.996. The summed E-state index contributed by atoms with van der Waals surface area (Å²) in [5, 5.41) is 24.9. The Balaban J connectivity index is 1.90. The maximum absolute atomic E-state index is 13.0. The van der Waals surface area contributed by atoms with Crippen LogP contribution in [0.4, 0.5) is 5.13 Å². The number of aliphatic hydroxyl groups excluding tert-OH is 1. The maximum atomic E-state index is 13.0. The van der Waals surface area contributed by atoms with Crippen LogP contribution in [-0.4, -0.2) is 31.6 Å². The minimum Gasteiger partial charge on any atom is -0.481 e. The van der Waals surface area contributed by atoms with Crippen molar-refractivity contribution < 1.29 is 19.8 Å². The van der Waals surface area contributed by atoms with Crippen LogP contribution in [0.25, 0.3) is 0 Å². The first kappa shape index (κ1) is 23.3. The second-order valence-corrected chi connectivity index (χ2v) is 9.08. The largest absolute Gasteiger partial charge is 0.481 e. The van der Waals surface area contributed by atoms with Crippen LogP contribution in [0.3, 0.4) is 0 Å². The van der Waals surface area contributed by atoms with Gasteiger partial charge in [-0.1, -0.05) is 43.1 Å². The van der Waals surface area contributed by atoms with Crippen molar-refractivity contribution in [1.29, 1.82) is 0 Å². The van der Waals surface area contributed by atoms with Gasteiger partial charge in [0.05, 0.1) is 18.2 Å². The van der Waals surface area contributed by atoms with Crippen LogP contribution in [0, 0.1) is 5.92 Å². The fourth-order valence-electron chi connectivity index (χ4n) is 3.00. The van der Waals surface area contributed by atoms with Crippen molar-refractivity contribution in [1.82, 2.24) is 9.55 Å². The standard InChI is InChI=1S/C21H21Cl2N3O4S/c1-11(2)19(29)13-5-17(20(30)25-21-24-15(10-31-21)7-18(27)28)26(9-13)8-12-3-4-14(22)6-16(12)23/h3-6,9-11,19,29H,7-8H2,1-2H3,(H,27,28)(H,24,25,30). The Hall–Kier alpha value is -2.39. The van der Waals surface area contributed by atoms with Crippen molar-refractivity contribution in [2.45, 2.75) is 32.9 Å². The Bertz CT molecular complexity index is 1110. The van der Waals surface area contributed by atoms with Crippen LogP contribution in [-0.2, 0) is 17.8 Å². The van der Waals surface area contributed by atoms with Crippen LogP contribution in [0.5, 0.6) is 0 Å². The highest BCUT2D eigenvalue weighted by Crippen LogP contribution is 2.27. The monoisotopic (exact) mass is 481 g/mol. The first-order valence-corrected chi connectivity index (χ1v) is 11.1. The number of aliphatic hydroxyl groups is 1. The van der Waals surface area contributed by atoms with Gasteiger partial charge in [-0.2, -0.15) is 0 Å². The molecular weight excluding hydrogens is 461 g/mol. The highest BCUT2D eigenvalue weighted by molar-refractivity contribution is 7.14. The van der Waals surface area contributed by atoms with Crippen molar-refractivity contribution >= 4 is 51.5 Å². The van der Waals surface area contributed by atoms with Gasteiger partial charge in [0.15, 0.2) is 5.13 Å². The zero-order valence-electron chi connectivity index (χ0n) is 16.8. The van der Waals surface area contributed by atoms with Crippen molar-refractivity contribution in [2.75, 3.05) is 5.32 Å². The third kappa shape index (κ3) is 5.86. The summed E-state index contributed by atoms with van der Waals surface area (Å²) in [6.45, 7) is 4.07. The van der Waals surface area contributed by atoms with E-state index in [-0.39, 0.29) is 12.3 Å². The highest BCUT2D eigenvalue weighted by atomic mass is 35.5. The number of nitrogens with one attached hydrogen (secondary N) is 1. The number of carboxylic acid groups (broad SMARTS) is 1. The summed E-state index contributed by atoms with van der Waals surface area (Å²) in [7, 11) is 0. The molecule has 3 rings (SSSR count). The van der Waals surface area contributed by atoms with Gasteiger partial charge >= 0.3 is 5.97 Å².